The Morgan fingerprint density at radius 3 is 2.67 bits per heavy atom. The first-order valence-electron chi connectivity index (χ1n) is 11.9. The van der Waals surface area contributed by atoms with Gasteiger partial charge in [0.25, 0.3) is 5.91 Å². The Morgan fingerprint density at radius 1 is 1.03 bits per heavy atom. The Bertz CT molecular complexity index is 1110. The van der Waals surface area contributed by atoms with E-state index in [4.69, 9.17) is 9.15 Å². The lowest BCUT2D eigenvalue weighted by Gasteiger charge is -2.40. The van der Waals surface area contributed by atoms with Crippen molar-refractivity contribution in [1.82, 2.24) is 9.80 Å². The number of nitrogens with zero attached hydrogens (tertiary/aromatic N) is 2. The summed E-state index contributed by atoms with van der Waals surface area (Å²) in [6.07, 6.45) is 4.68. The lowest BCUT2D eigenvalue weighted by Crippen LogP contribution is -2.41. The molecule has 1 aromatic heterocycles. The highest BCUT2D eigenvalue weighted by molar-refractivity contribution is 5.95. The molecule has 4 heterocycles. The predicted molar refractivity (Wildman–Crippen MR) is 126 cm³/mol. The number of likely N-dealkylation sites (tertiary alicyclic amines) is 1. The van der Waals surface area contributed by atoms with Crippen molar-refractivity contribution in [1.29, 1.82) is 0 Å². The van der Waals surface area contributed by atoms with Crippen molar-refractivity contribution in [3.63, 3.8) is 0 Å². The van der Waals surface area contributed by atoms with Crippen LogP contribution < -0.4 is 5.32 Å². The lowest BCUT2D eigenvalue weighted by molar-refractivity contribution is 0.0302. The molecule has 2 fully saturated rings. The number of nitrogens with one attached hydrogen (secondary N) is 1. The number of morpholine rings is 1. The number of ether oxygens (including phenoxy) is 1. The summed E-state index contributed by atoms with van der Waals surface area (Å²) in [6, 6.07) is 19.5. The fourth-order valence-corrected chi connectivity index (χ4v) is 5.74. The molecule has 1 amide bonds. The molecule has 6 rings (SSSR count). The molecule has 0 radical (unpaired) electrons. The van der Waals surface area contributed by atoms with Crippen LogP contribution in [0.1, 0.15) is 45.6 Å². The van der Waals surface area contributed by atoms with Crippen molar-refractivity contribution in [2.24, 2.45) is 5.92 Å². The van der Waals surface area contributed by atoms with Crippen LogP contribution in [0.5, 0.6) is 0 Å². The molecule has 0 bridgehead atoms. The molecule has 0 aliphatic carbocycles. The molecule has 3 aliphatic heterocycles. The van der Waals surface area contributed by atoms with Crippen LogP contribution in [-0.2, 0) is 11.3 Å². The highest BCUT2D eigenvalue weighted by Gasteiger charge is 2.44. The van der Waals surface area contributed by atoms with Gasteiger partial charge in [0.1, 0.15) is 0 Å². The van der Waals surface area contributed by atoms with Gasteiger partial charge in [-0.1, -0.05) is 30.3 Å². The molecule has 1 N–H and O–H groups in total. The first kappa shape index (κ1) is 20.5. The fourth-order valence-electron chi connectivity index (χ4n) is 5.74. The number of fused-ring (bicyclic) bond motifs is 3. The number of rotatable bonds is 4. The maximum Gasteiger partial charge on any atom is 0.254 e. The zero-order valence-corrected chi connectivity index (χ0v) is 18.7. The highest BCUT2D eigenvalue weighted by atomic mass is 16.5. The number of carbonyl (C=O) groups is 1. The zero-order chi connectivity index (χ0) is 22.2. The smallest absolute Gasteiger partial charge is 0.254 e. The monoisotopic (exact) mass is 443 g/mol. The summed E-state index contributed by atoms with van der Waals surface area (Å²) in [5.74, 6) is 0.530. The Balaban J connectivity index is 1.37. The molecule has 0 saturated carbocycles. The number of benzene rings is 2. The van der Waals surface area contributed by atoms with Gasteiger partial charge in [0.05, 0.1) is 31.8 Å². The van der Waals surface area contributed by atoms with E-state index < -0.39 is 0 Å². The lowest BCUT2D eigenvalue weighted by atomic mass is 9.79. The van der Waals surface area contributed by atoms with Crippen LogP contribution >= 0.6 is 0 Å². The van der Waals surface area contributed by atoms with E-state index in [2.05, 4.69) is 52.7 Å². The van der Waals surface area contributed by atoms with Gasteiger partial charge >= 0.3 is 0 Å². The predicted octanol–water partition coefficient (Wildman–Crippen LogP) is 4.48. The summed E-state index contributed by atoms with van der Waals surface area (Å²) < 4.78 is 10.8. The molecule has 2 aromatic carbocycles. The molecule has 170 valence electrons. The molecule has 0 spiro atoms. The SMILES string of the molecule is O=C(c1ccc2c(c1)C1C(CCN1Cc1ccoc1)C(c1ccccc1)N2)N1CCOCC1. The third-order valence-corrected chi connectivity index (χ3v) is 7.33. The number of hydrogen-bond acceptors (Lipinski definition) is 5. The van der Waals surface area contributed by atoms with Crippen molar-refractivity contribution >= 4 is 11.6 Å². The van der Waals surface area contributed by atoms with E-state index in [9.17, 15) is 4.79 Å². The van der Waals surface area contributed by atoms with Crippen molar-refractivity contribution < 1.29 is 13.9 Å². The van der Waals surface area contributed by atoms with E-state index in [-0.39, 0.29) is 18.0 Å². The number of amides is 1. The highest BCUT2D eigenvalue weighted by Crippen LogP contribution is 2.51. The minimum Gasteiger partial charge on any atom is -0.472 e. The maximum absolute atomic E-state index is 13.2. The van der Waals surface area contributed by atoms with Crippen LogP contribution in [0.2, 0.25) is 0 Å². The molecule has 33 heavy (non-hydrogen) atoms. The second-order valence-corrected chi connectivity index (χ2v) is 9.24. The number of anilines is 1. The third-order valence-electron chi connectivity index (χ3n) is 7.33. The summed E-state index contributed by atoms with van der Waals surface area (Å²) in [5, 5.41) is 3.82. The molecule has 3 atom stereocenters. The van der Waals surface area contributed by atoms with E-state index >= 15 is 0 Å². The Morgan fingerprint density at radius 2 is 1.88 bits per heavy atom. The van der Waals surface area contributed by atoms with Crippen LogP contribution in [0, 0.1) is 5.92 Å². The minimum absolute atomic E-state index is 0.0993. The first-order chi connectivity index (χ1) is 16.3. The van der Waals surface area contributed by atoms with E-state index in [1.807, 2.05) is 23.3 Å². The Labute approximate surface area is 194 Å². The molecule has 6 heteroatoms. The van der Waals surface area contributed by atoms with E-state index in [1.165, 1.54) is 16.7 Å². The first-order valence-corrected chi connectivity index (χ1v) is 11.9. The summed E-state index contributed by atoms with van der Waals surface area (Å²) >= 11 is 0. The van der Waals surface area contributed by atoms with Crippen molar-refractivity contribution in [3.8, 4) is 0 Å². The van der Waals surface area contributed by atoms with Crippen molar-refractivity contribution in [2.45, 2.75) is 25.0 Å². The van der Waals surface area contributed by atoms with Gasteiger partial charge in [-0.15, -0.1) is 0 Å². The number of carbonyl (C=O) groups excluding carboxylic acids is 1. The zero-order valence-electron chi connectivity index (χ0n) is 18.7. The van der Waals surface area contributed by atoms with E-state index in [0.717, 1.165) is 30.8 Å². The minimum atomic E-state index is 0.0993. The second-order valence-electron chi connectivity index (χ2n) is 9.24. The van der Waals surface area contributed by atoms with Gasteiger partial charge in [0.15, 0.2) is 0 Å². The Hall–Kier alpha value is -3.09. The molecule has 3 aliphatic rings. The average molecular weight is 444 g/mol. The van der Waals surface area contributed by atoms with Gasteiger partial charge in [-0.05, 0) is 48.4 Å². The molecular formula is C27H29N3O3. The standard InChI is InChI=1S/C27H29N3O3/c31-27(29-11-14-32-15-12-29)21-6-7-24-23(16-21)26-22(25(28-24)20-4-2-1-3-5-20)8-10-30(26)17-19-9-13-33-18-19/h1-7,9,13,16,18,22,25-26,28H,8,10-12,14-15,17H2. The maximum atomic E-state index is 13.2. The number of hydrogen-bond donors (Lipinski definition) is 1. The molecule has 6 nitrogen and oxygen atoms in total. The van der Waals surface area contributed by atoms with Gasteiger partial charge in [-0.3, -0.25) is 9.69 Å². The van der Waals surface area contributed by atoms with E-state index in [0.29, 0.717) is 32.2 Å². The van der Waals surface area contributed by atoms with Gasteiger partial charge in [0, 0.05) is 48.4 Å². The van der Waals surface area contributed by atoms with Crippen LogP contribution in [-0.4, -0.2) is 48.6 Å². The van der Waals surface area contributed by atoms with Gasteiger partial charge in [0.2, 0.25) is 0 Å². The third kappa shape index (κ3) is 3.83. The molecule has 3 unspecified atom stereocenters. The normalized spacial score (nSPS) is 24.7. The van der Waals surface area contributed by atoms with Crippen molar-refractivity contribution in [2.75, 3.05) is 38.2 Å². The number of furan rings is 1. The largest absolute Gasteiger partial charge is 0.472 e. The topological polar surface area (TPSA) is 58.0 Å². The molecule has 3 aromatic rings. The second kappa shape index (κ2) is 8.69. The van der Waals surface area contributed by atoms with Crippen LogP contribution in [0.25, 0.3) is 0 Å². The quantitative estimate of drug-likeness (QED) is 0.644. The summed E-state index contributed by atoms with van der Waals surface area (Å²) in [7, 11) is 0. The van der Waals surface area contributed by atoms with E-state index in [1.54, 1.807) is 6.26 Å². The Kier molecular flexibility index (Phi) is 5.40. The van der Waals surface area contributed by atoms with Crippen molar-refractivity contribution in [3.05, 3.63) is 89.4 Å². The van der Waals surface area contributed by atoms with Gasteiger partial charge in [-0.25, -0.2) is 0 Å². The van der Waals surface area contributed by atoms with Gasteiger partial charge in [-0.2, -0.15) is 0 Å². The fraction of sp³-hybridized carbons (Fsp3) is 0.370. The summed E-state index contributed by atoms with van der Waals surface area (Å²) in [5.41, 5.74) is 5.63. The van der Waals surface area contributed by atoms with Crippen LogP contribution in [0.15, 0.2) is 71.5 Å². The molecular weight excluding hydrogens is 414 g/mol. The summed E-state index contributed by atoms with van der Waals surface area (Å²) in [4.78, 5) is 17.7. The van der Waals surface area contributed by atoms with Crippen LogP contribution in [0.4, 0.5) is 5.69 Å². The van der Waals surface area contributed by atoms with Crippen LogP contribution in [0.3, 0.4) is 0 Å². The summed E-state index contributed by atoms with van der Waals surface area (Å²) in [6.45, 7) is 4.40. The molecule has 2 saturated heterocycles. The average Bonchev–Trinajstić information content (AvgIpc) is 3.55. The van der Waals surface area contributed by atoms with Gasteiger partial charge < -0.3 is 19.4 Å².